The molecule has 1 heterocycles. The molecule has 0 bridgehead atoms. The summed E-state index contributed by atoms with van der Waals surface area (Å²) in [5, 5.41) is 6.41. The zero-order chi connectivity index (χ0) is 18.7. The van der Waals surface area contributed by atoms with Crippen molar-refractivity contribution >= 4 is 39.8 Å². The van der Waals surface area contributed by atoms with E-state index in [4.69, 9.17) is 4.74 Å². The van der Waals surface area contributed by atoms with Crippen LogP contribution in [0.25, 0.3) is 0 Å². The van der Waals surface area contributed by atoms with E-state index in [-0.39, 0.29) is 35.8 Å². The number of nitrogens with zero attached hydrogens (tertiary/aromatic N) is 2. The molecule has 0 radical (unpaired) electrons. The number of nitrogens with one attached hydrogen (secondary N) is 2. The fraction of sp³-hybridized carbons (Fsp3) is 0.647. The van der Waals surface area contributed by atoms with Crippen LogP contribution in [0.15, 0.2) is 23.3 Å². The van der Waals surface area contributed by atoms with E-state index in [2.05, 4.69) is 27.5 Å². The average Bonchev–Trinajstić information content (AvgIpc) is 2.57. The maximum absolute atomic E-state index is 11.3. The Bertz CT molecular complexity index is 653. The van der Waals surface area contributed by atoms with Crippen LogP contribution in [0.5, 0.6) is 5.88 Å². The molecule has 1 aromatic rings. The first-order chi connectivity index (χ1) is 11.9. The standard InChI is InChI=1S/C17H30N4O3S.HI/c1-5-6-11-24-16-15(8-7-10-19-16)13-20-17(18-3)21-14(2)9-12-25(4,22)23;/h7-8,10,14H,5-6,9,11-13H2,1-4H3,(H2,18,20,21);1H. The summed E-state index contributed by atoms with van der Waals surface area (Å²) in [5.41, 5.74) is 0.949. The van der Waals surface area contributed by atoms with Gasteiger partial charge in [-0.3, -0.25) is 4.99 Å². The Kier molecular flexibility index (Phi) is 12.6. The van der Waals surface area contributed by atoms with E-state index in [9.17, 15) is 8.42 Å². The Morgan fingerprint density at radius 2 is 2.15 bits per heavy atom. The highest BCUT2D eigenvalue weighted by Gasteiger charge is 2.10. The molecule has 0 aromatic carbocycles. The maximum atomic E-state index is 11.3. The second kappa shape index (κ2) is 13.1. The molecule has 9 heteroatoms. The molecule has 0 aliphatic carbocycles. The first-order valence-corrected chi connectivity index (χ1v) is 10.6. The zero-order valence-electron chi connectivity index (χ0n) is 16.0. The molecular weight excluding hydrogens is 467 g/mol. The van der Waals surface area contributed by atoms with Gasteiger partial charge in [-0.25, -0.2) is 13.4 Å². The van der Waals surface area contributed by atoms with E-state index in [0.717, 1.165) is 18.4 Å². The molecule has 0 saturated carbocycles. The Labute approximate surface area is 174 Å². The third kappa shape index (κ3) is 10.8. The highest BCUT2D eigenvalue weighted by atomic mass is 127. The van der Waals surface area contributed by atoms with Gasteiger partial charge in [-0.1, -0.05) is 19.4 Å². The number of ether oxygens (including phenoxy) is 1. The van der Waals surface area contributed by atoms with Crippen LogP contribution in [0.2, 0.25) is 0 Å². The van der Waals surface area contributed by atoms with Crippen molar-refractivity contribution in [1.82, 2.24) is 15.6 Å². The predicted molar refractivity (Wildman–Crippen MR) is 117 cm³/mol. The van der Waals surface area contributed by atoms with Gasteiger partial charge in [-0.05, 0) is 25.8 Å². The summed E-state index contributed by atoms with van der Waals surface area (Å²) in [4.78, 5) is 8.46. The van der Waals surface area contributed by atoms with E-state index in [1.807, 2.05) is 19.1 Å². The first kappa shape index (κ1) is 24.9. The summed E-state index contributed by atoms with van der Waals surface area (Å²) in [5.74, 6) is 1.39. The highest BCUT2D eigenvalue weighted by molar-refractivity contribution is 14.0. The van der Waals surface area contributed by atoms with Crippen molar-refractivity contribution in [1.29, 1.82) is 0 Å². The van der Waals surface area contributed by atoms with Crippen LogP contribution >= 0.6 is 24.0 Å². The van der Waals surface area contributed by atoms with Crippen LogP contribution in [0.4, 0.5) is 0 Å². The number of hydrogen-bond acceptors (Lipinski definition) is 5. The molecule has 2 N–H and O–H groups in total. The number of sulfone groups is 1. The van der Waals surface area contributed by atoms with Crippen LogP contribution in [-0.2, 0) is 16.4 Å². The van der Waals surface area contributed by atoms with Crippen molar-refractivity contribution in [3.05, 3.63) is 23.9 Å². The minimum Gasteiger partial charge on any atom is -0.477 e. The molecule has 0 amide bonds. The van der Waals surface area contributed by atoms with E-state index >= 15 is 0 Å². The number of aliphatic imine (C=N–C) groups is 1. The lowest BCUT2D eigenvalue weighted by molar-refractivity contribution is 0.294. The van der Waals surface area contributed by atoms with E-state index in [1.165, 1.54) is 6.26 Å². The predicted octanol–water partition coefficient (Wildman–Crippen LogP) is 2.37. The summed E-state index contributed by atoms with van der Waals surface area (Å²) in [6.07, 6.45) is 5.55. The lowest BCUT2D eigenvalue weighted by Crippen LogP contribution is -2.42. The van der Waals surface area contributed by atoms with Gasteiger partial charge in [0.1, 0.15) is 9.84 Å². The van der Waals surface area contributed by atoms with Crippen molar-refractivity contribution in [3.8, 4) is 5.88 Å². The summed E-state index contributed by atoms with van der Waals surface area (Å²) < 4.78 is 28.2. The SMILES string of the molecule is CCCCOc1ncccc1CNC(=NC)NC(C)CCS(C)(=O)=O.I. The van der Waals surface area contributed by atoms with Gasteiger partial charge >= 0.3 is 0 Å². The molecule has 0 fully saturated rings. The fourth-order valence-corrected chi connectivity index (χ4v) is 2.85. The normalized spacial score (nSPS) is 12.8. The van der Waals surface area contributed by atoms with Gasteiger partial charge in [-0.2, -0.15) is 0 Å². The number of pyridine rings is 1. The number of aromatic nitrogens is 1. The smallest absolute Gasteiger partial charge is 0.218 e. The Balaban J connectivity index is 0.00000625. The average molecular weight is 498 g/mol. The fourth-order valence-electron chi connectivity index (χ4n) is 2.07. The van der Waals surface area contributed by atoms with Gasteiger partial charge in [-0.15, -0.1) is 24.0 Å². The molecular formula is C17H31IN4O3S. The van der Waals surface area contributed by atoms with E-state index < -0.39 is 9.84 Å². The molecule has 7 nitrogen and oxygen atoms in total. The van der Waals surface area contributed by atoms with Crippen LogP contribution in [-0.4, -0.2) is 51.1 Å². The molecule has 26 heavy (non-hydrogen) atoms. The molecule has 1 atom stereocenters. The molecule has 0 aliphatic rings. The van der Waals surface area contributed by atoms with Gasteiger partial charge in [0.25, 0.3) is 0 Å². The van der Waals surface area contributed by atoms with Crippen molar-refractivity contribution < 1.29 is 13.2 Å². The van der Waals surface area contributed by atoms with Crippen molar-refractivity contribution in [2.24, 2.45) is 4.99 Å². The third-order valence-corrected chi connectivity index (χ3v) is 4.54. The molecule has 1 unspecified atom stereocenters. The summed E-state index contributed by atoms with van der Waals surface area (Å²) >= 11 is 0. The summed E-state index contributed by atoms with van der Waals surface area (Å²) in [6, 6.07) is 3.83. The van der Waals surface area contributed by atoms with E-state index in [0.29, 0.717) is 31.4 Å². The number of unbranched alkanes of at least 4 members (excludes halogenated alkanes) is 1. The molecule has 0 spiro atoms. The van der Waals surface area contributed by atoms with Gasteiger partial charge < -0.3 is 15.4 Å². The van der Waals surface area contributed by atoms with Crippen molar-refractivity contribution in [2.75, 3.05) is 25.7 Å². The topological polar surface area (TPSA) is 92.7 Å². The minimum absolute atomic E-state index is 0. The number of rotatable bonds is 10. The number of hydrogen-bond donors (Lipinski definition) is 2. The maximum Gasteiger partial charge on any atom is 0.218 e. The van der Waals surface area contributed by atoms with Crippen LogP contribution in [0.1, 0.15) is 38.7 Å². The molecule has 0 saturated heterocycles. The summed E-state index contributed by atoms with van der Waals surface area (Å²) in [6.45, 7) is 5.22. The second-order valence-corrected chi connectivity index (χ2v) is 8.32. The number of guanidine groups is 1. The van der Waals surface area contributed by atoms with Gasteiger partial charge in [0.2, 0.25) is 5.88 Å². The van der Waals surface area contributed by atoms with Gasteiger partial charge in [0, 0.05) is 37.7 Å². The van der Waals surface area contributed by atoms with Gasteiger partial charge in [0.05, 0.1) is 12.4 Å². The highest BCUT2D eigenvalue weighted by Crippen LogP contribution is 2.14. The van der Waals surface area contributed by atoms with Crippen molar-refractivity contribution in [3.63, 3.8) is 0 Å². The molecule has 0 aliphatic heterocycles. The van der Waals surface area contributed by atoms with Crippen LogP contribution in [0, 0.1) is 0 Å². The first-order valence-electron chi connectivity index (χ1n) is 8.57. The van der Waals surface area contributed by atoms with Gasteiger partial charge in [0.15, 0.2) is 5.96 Å². The third-order valence-electron chi connectivity index (χ3n) is 3.56. The van der Waals surface area contributed by atoms with Crippen molar-refractivity contribution in [2.45, 2.75) is 45.7 Å². The molecule has 150 valence electrons. The monoisotopic (exact) mass is 498 g/mol. The van der Waals surface area contributed by atoms with Crippen LogP contribution < -0.4 is 15.4 Å². The lowest BCUT2D eigenvalue weighted by Gasteiger charge is -2.18. The zero-order valence-corrected chi connectivity index (χ0v) is 19.1. The Hall–Kier alpha value is -1.10. The van der Waals surface area contributed by atoms with E-state index in [1.54, 1.807) is 13.2 Å². The second-order valence-electron chi connectivity index (χ2n) is 6.06. The largest absolute Gasteiger partial charge is 0.477 e. The Morgan fingerprint density at radius 3 is 2.77 bits per heavy atom. The molecule has 1 aromatic heterocycles. The summed E-state index contributed by atoms with van der Waals surface area (Å²) in [7, 11) is -1.28. The quantitative estimate of drug-likeness (QED) is 0.223. The Morgan fingerprint density at radius 1 is 1.42 bits per heavy atom. The minimum atomic E-state index is -2.96. The van der Waals surface area contributed by atoms with Crippen LogP contribution in [0.3, 0.4) is 0 Å². The number of halogens is 1. The molecule has 1 rings (SSSR count). The lowest BCUT2D eigenvalue weighted by atomic mass is 10.2.